The van der Waals surface area contributed by atoms with Crippen molar-refractivity contribution in [1.29, 1.82) is 0 Å². The van der Waals surface area contributed by atoms with Gasteiger partial charge in [0.1, 0.15) is 5.82 Å². The summed E-state index contributed by atoms with van der Waals surface area (Å²) in [5.41, 5.74) is 9.79. The fourth-order valence-electron chi connectivity index (χ4n) is 2.51. The number of aromatic nitrogens is 1. The second-order valence-electron chi connectivity index (χ2n) is 5.44. The molecular formula is C18H25N3. The molecule has 0 bridgehead atoms. The van der Waals surface area contributed by atoms with Gasteiger partial charge in [-0.3, -0.25) is 0 Å². The first kappa shape index (κ1) is 15.5. The molecule has 1 aromatic heterocycles. The molecule has 1 aromatic carbocycles. The van der Waals surface area contributed by atoms with Crippen LogP contribution in [-0.2, 0) is 6.42 Å². The minimum atomic E-state index is 0.184. The molecule has 0 amide bonds. The highest BCUT2D eigenvalue weighted by Gasteiger charge is 2.14. The number of hydrogen-bond acceptors (Lipinski definition) is 3. The Labute approximate surface area is 127 Å². The van der Waals surface area contributed by atoms with Crippen LogP contribution in [0.2, 0.25) is 0 Å². The Morgan fingerprint density at radius 3 is 2.67 bits per heavy atom. The number of anilines is 2. The maximum Gasteiger partial charge on any atom is 0.136 e. The highest BCUT2D eigenvalue weighted by molar-refractivity contribution is 5.63. The molecule has 21 heavy (non-hydrogen) atoms. The monoisotopic (exact) mass is 283 g/mol. The molecule has 1 unspecified atom stereocenters. The molecule has 1 atom stereocenters. The Bertz CT molecular complexity index is 580. The summed E-state index contributed by atoms with van der Waals surface area (Å²) in [7, 11) is 0. The van der Waals surface area contributed by atoms with E-state index in [1.165, 1.54) is 16.8 Å². The standard InChI is InChI=1S/C18H25N3/c1-4-16(19)13-15-9-7-11-20-18(15)21(5-2)17-10-6-8-14(3)12-17/h6-12,16H,4-5,13,19H2,1-3H3. The van der Waals surface area contributed by atoms with Gasteiger partial charge in [-0.25, -0.2) is 4.98 Å². The molecule has 2 N–H and O–H groups in total. The normalized spacial score (nSPS) is 12.2. The van der Waals surface area contributed by atoms with Gasteiger partial charge in [-0.05, 0) is 56.0 Å². The van der Waals surface area contributed by atoms with Crippen LogP contribution < -0.4 is 10.6 Å². The predicted octanol–water partition coefficient (Wildman–Crippen LogP) is 3.83. The molecule has 0 spiro atoms. The van der Waals surface area contributed by atoms with E-state index >= 15 is 0 Å². The highest BCUT2D eigenvalue weighted by atomic mass is 15.2. The third-order valence-electron chi connectivity index (χ3n) is 3.76. The van der Waals surface area contributed by atoms with Crippen molar-refractivity contribution in [2.24, 2.45) is 5.73 Å². The summed E-state index contributed by atoms with van der Waals surface area (Å²) in [5, 5.41) is 0. The van der Waals surface area contributed by atoms with Crippen molar-refractivity contribution in [1.82, 2.24) is 4.98 Å². The summed E-state index contributed by atoms with van der Waals surface area (Å²) in [4.78, 5) is 6.87. The number of aryl methyl sites for hydroxylation is 1. The average molecular weight is 283 g/mol. The largest absolute Gasteiger partial charge is 0.327 e. The molecule has 1 heterocycles. The molecule has 0 aliphatic heterocycles. The van der Waals surface area contributed by atoms with E-state index < -0.39 is 0 Å². The van der Waals surface area contributed by atoms with Crippen LogP contribution in [0, 0.1) is 6.92 Å². The predicted molar refractivity (Wildman–Crippen MR) is 90.1 cm³/mol. The smallest absolute Gasteiger partial charge is 0.136 e. The zero-order valence-corrected chi connectivity index (χ0v) is 13.2. The Morgan fingerprint density at radius 1 is 1.19 bits per heavy atom. The van der Waals surface area contributed by atoms with E-state index in [-0.39, 0.29) is 6.04 Å². The van der Waals surface area contributed by atoms with Crippen LogP contribution >= 0.6 is 0 Å². The van der Waals surface area contributed by atoms with Gasteiger partial charge in [0.05, 0.1) is 0 Å². The molecule has 0 radical (unpaired) electrons. The van der Waals surface area contributed by atoms with E-state index in [1.807, 2.05) is 12.3 Å². The van der Waals surface area contributed by atoms with Crippen molar-refractivity contribution >= 4 is 11.5 Å². The molecule has 2 aromatic rings. The molecule has 0 fully saturated rings. The lowest BCUT2D eigenvalue weighted by Gasteiger charge is -2.25. The quantitative estimate of drug-likeness (QED) is 0.876. The molecule has 3 nitrogen and oxygen atoms in total. The molecule has 0 saturated carbocycles. The first-order chi connectivity index (χ1) is 10.2. The number of rotatable bonds is 6. The van der Waals surface area contributed by atoms with Gasteiger partial charge >= 0.3 is 0 Å². The molecule has 0 aliphatic carbocycles. The van der Waals surface area contributed by atoms with Gasteiger partial charge in [-0.2, -0.15) is 0 Å². The average Bonchev–Trinajstić information content (AvgIpc) is 2.49. The number of pyridine rings is 1. The Hall–Kier alpha value is -1.87. The first-order valence-corrected chi connectivity index (χ1v) is 7.69. The molecule has 3 heteroatoms. The first-order valence-electron chi connectivity index (χ1n) is 7.69. The van der Waals surface area contributed by atoms with Crippen LogP contribution in [0.25, 0.3) is 0 Å². The topological polar surface area (TPSA) is 42.1 Å². The number of nitrogens with zero attached hydrogens (tertiary/aromatic N) is 2. The molecule has 0 saturated heterocycles. The van der Waals surface area contributed by atoms with Gasteiger partial charge in [0.15, 0.2) is 0 Å². The highest BCUT2D eigenvalue weighted by Crippen LogP contribution is 2.27. The van der Waals surface area contributed by atoms with Gasteiger partial charge in [-0.1, -0.05) is 25.1 Å². The van der Waals surface area contributed by atoms with Crippen LogP contribution in [0.4, 0.5) is 11.5 Å². The Morgan fingerprint density at radius 2 is 2.00 bits per heavy atom. The van der Waals surface area contributed by atoms with E-state index in [2.05, 4.69) is 61.0 Å². The maximum atomic E-state index is 6.13. The van der Waals surface area contributed by atoms with Crippen molar-refractivity contribution in [3.8, 4) is 0 Å². The van der Waals surface area contributed by atoms with Gasteiger partial charge in [-0.15, -0.1) is 0 Å². The van der Waals surface area contributed by atoms with Crippen LogP contribution in [0.1, 0.15) is 31.4 Å². The lowest BCUT2D eigenvalue weighted by Crippen LogP contribution is -2.25. The zero-order chi connectivity index (χ0) is 15.2. The van der Waals surface area contributed by atoms with Gasteiger partial charge < -0.3 is 10.6 Å². The van der Waals surface area contributed by atoms with Gasteiger partial charge in [0, 0.05) is 24.5 Å². The van der Waals surface area contributed by atoms with Crippen molar-refractivity contribution in [3.63, 3.8) is 0 Å². The van der Waals surface area contributed by atoms with E-state index in [0.717, 1.165) is 25.2 Å². The van der Waals surface area contributed by atoms with Crippen molar-refractivity contribution in [3.05, 3.63) is 53.7 Å². The summed E-state index contributed by atoms with van der Waals surface area (Å²) < 4.78 is 0. The zero-order valence-electron chi connectivity index (χ0n) is 13.2. The molecule has 2 rings (SSSR count). The van der Waals surface area contributed by atoms with Crippen molar-refractivity contribution in [2.75, 3.05) is 11.4 Å². The fraction of sp³-hybridized carbons (Fsp3) is 0.389. The number of hydrogen-bond donors (Lipinski definition) is 1. The third-order valence-corrected chi connectivity index (χ3v) is 3.76. The lowest BCUT2D eigenvalue weighted by atomic mass is 10.0. The second-order valence-corrected chi connectivity index (χ2v) is 5.44. The van der Waals surface area contributed by atoms with Crippen LogP contribution in [-0.4, -0.2) is 17.6 Å². The van der Waals surface area contributed by atoms with Crippen LogP contribution in [0.5, 0.6) is 0 Å². The van der Waals surface area contributed by atoms with E-state index in [9.17, 15) is 0 Å². The van der Waals surface area contributed by atoms with Crippen LogP contribution in [0.3, 0.4) is 0 Å². The Kier molecular flexibility index (Phi) is 5.34. The summed E-state index contributed by atoms with van der Waals surface area (Å²) in [6.07, 6.45) is 3.70. The second kappa shape index (κ2) is 7.23. The molecule has 112 valence electrons. The van der Waals surface area contributed by atoms with Crippen molar-refractivity contribution < 1.29 is 0 Å². The lowest BCUT2D eigenvalue weighted by molar-refractivity contribution is 0.644. The van der Waals surface area contributed by atoms with Crippen LogP contribution in [0.15, 0.2) is 42.6 Å². The number of nitrogens with two attached hydrogens (primary N) is 1. The van der Waals surface area contributed by atoms with Gasteiger partial charge in [0.25, 0.3) is 0 Å². The van der Waals surface area contributed by atoms with E-state index in [0.29, 0.717) is 0 Å². The SMILES string of the molecule is CCC(N)Cc1cccnc1N(CC)c1cccc(C)c1. The Balaban J connectivity index is 2.38. The van der Waals surface area contributed by atoms with E-state index in [4.69, 9.17) is 5.73 Å². The summed E-state index contributed by atoms with van der Waals surface area (Å²) in [5.74, 6) is 1.02. The third kappa shape index (κ3) is 3.82. The van der Waals surface area contributed by atoms with E-state index in [1.54, 1.807) is 0 Å². The minimum absolute atomic E-state index is 0.184. The molecular weight excluding hydrogens is 258 g/mol. The maximum absolute atomic E-state index is 6.13. The summed E-state index contributed by atoms with van der Waals surface area (Å²) in [6, 6.07) is 12.8. The summed E-state index contributed by atoms with van der Waals surface area (Å²) in [6.45, 7) is 7.28. The van der Waals surface area contributed by atoms with Crippen molar-refractivity contribution in [2.45, 2.75) is 39.7 Å². The fourth-order valence-corrected chi connectivity index (χ4v) is 2.51. The minimum Gasteiger partial charge on any atom is -0.327 e. The summed E-state index contributed by atoms with van der Waals surface area (Å²) >= 11 is 0. The number of benzene rings is 1. The molecule has 0 aliphatic rings. The van der Waals surface area contributed by atoms with Gasteiger partial charge in [0.2, 0.25) is 0 Å².